The van der Waals surface area contributed by atoms with Crippen LogP contribution in [0.4, 0.5) is 5.69 Å². The van der Waals surface area contributed by atoms with Gasteiger partial charge in [0.25, 0.3) is 5.69 Å². The largest absolute Gasteiger partial charge is 0.488 e. The summed E-state index contributed by atoms with van der Waals surface area (Å²) in [6, 6.07) is 20.3. The molecule has 0 heterocycles. The molecule has 0 aliphatic rings. The van der Waals surface area contributed by atoms with Crippen molar-refractivity contribution in [1.82, 2.24) is 0 Å². The van der Waals surface area contributed by atoms with E-state index in [9.17, 15) is 10.1 Å². The molecule has 4 nitrogen and oxygen atoms in total. The summed E-state index contributed by atoms with van der Waals surface area (Å²) >= 11 is 0. The topological polar surface area (TPSA) is 52.4 Å². The number of hydrogen-bond donors (Lipinski definition) is 0. The molecule has 0 unspecified atom stereocenters. The standard InChI is InChI=1S/C17H13NO3/c19-18(20)16-10-4-2-7-14(16)12-21-17-11-5-8-13-6-1-3-9-15(13)17/h1-11H,12H2. The molecule has 3 rings (SSSR count). The van der Waals surface area contributed by atoms with Gasteiger partial charge in [0.2, 0.25) is 0 Å². The first-order valence-electron chi connectivity index (χ1n) is 6.58. The second-order valence-corrected chi connectivity index (χ2v) is 4.65. The van der Waals surface area contributed by atoms with Gasteiger partial charge in [0.1, 0.15) is 12.4 Å². The third kappa shape index (κ3) is 2.69. The van der Waals surface area contributed by atoms with Gasteiger partial charge in [-0.3, -0.25) is 10.1 Å². The lowest BCUT2D eigenvalue weighted by Crippen LogP contribution is -2.00. The summed E-state index contributed by atoms with van der Waals surface area (Å²) in [5, 5.41) is 13.1. The Balaban J connectivity index is 1.89. The van der Waals surface area contributed by atoms with E-state index in [1.165, 1.54) is 6.07 Å². The highest BCUT2D eigenvalue weighted by atomic mass is 16.6. The summed E-state index contributed by atoms with van der Waals surface area (Å²) in [5.41, 5.74) is 0.646. The van der Waals surface area contributed by atoms with Crippen molar-refractivity contribution in [2.45, 2.75) is 6.61 Å². The molecule has 0 aromatic heterocycles. The second-order valence-electron chi connectivity index (χ2n) is 4.65. The fourth-order valence-corrected chi connectivity index (χ4v) is 2.29. The summed E-state index contributed by atoms with van der Waals surface area (Å²) in [6.07, 6.45) is 0. The van der Waals surface area contributed by atoms with E-state index >= 15 is 0 Å². The van der Waals surface area contributed by atoms with Gasteiger partial charge in [-0.05, 0) is 17.5 Å². The van der Waals surface area contributed by atoms with E-state index in [1.54, 1.807) is 18.2 Å². The highest BCUT2D eigenvalue weighted by Crippen LogP contribution is 2.27. The van der Waals surface area contributed by atoms with E-state index in [2.05, 4.69) is 0 Å². The highest BCUT2D eigenvalue weighted by molar-refractivity contribution is 5.88. The number of benzene rings is 3. The summed E-state index contributed by atoms with van der Waals surface area (Å²) in [6.45, 7) is 0.172. The molecule has 0 bridgehead atoms. The van der Waals surface area contributed by atoms with Crippen molar-refractivity contribution in [3.05, 3.63) is 82.4 Å². The van der Waals surface area contributed by atoms with Gasteiger partial charge in [-0.2, -0.15) is 0 Å². The van der Waals surface area contributed by atoms with Crippen LogP contribution in [-0.4, -0.2) is 4.92 Å². The molecule has 0 atom stereocenters. The molecule has 3 aromatic carbocycles. The van der Waals surface area contributed by atoms with Crippen LogP contribution in [0.15, 0.2) is 66.7 Å². The molecule has 21 heavy (non-hydrogen) atoms. The van der Waals surface area contributed by atoms with E-state index in [4.69, 9.17) is 4.74 Å². The van der Waals surface area contributed by atoms with Crippen molar-refractivity contribution in [3.8, 4) is 5.75 Å². The highest BCUT2D eigenvalue weighted by Gasteiger charge is 2.13. The van der Waals surface area contributed by atoms with Crippen molar-refractivity contribution in [2.24, 2.45) is 0 Å². The number of nitro groups is 1. The van der Waals surface area contributed by atoms with Gasteiger partial charge in [-0.25, -0.2) is 0 Å². The summed E-state index contributed by atoms with van der Waals surface area (Å²) in [7, 11) is 0. The maximum absolute atomic E-state index is 11.0. The number of rotatable bonds is 4. The number of nitro benzene ring substituents is 1. The van der Waals surface area contributed by atoms with Gasteiger partial charge < -0.3 is 4.74 Å². The van der Waals surface area contributed by atoms with Crippen LogP contribution in [-0.2, 0) is 6.61 Å². The molecular formula is C17H13NO3. The Morgan fingerprint density at radius 1 is 0.905 bits per heavy atom. The SMILES string of the molecule is O=[N+]([O-])c1ccccc1COc1cccc2ccccc12. The molecular weight excluding hydrogens is 266 g/mol. The summed E-state index contributed by atoms with van der Waals surface area (Å²) in [4.78, 5) is 10.6. The minimum atomic E-state index is -0.387. The van der Waals surface area contributed by atoms with Crippen LogP contribution in [0.1, 0.15) is 5.56 Å². The lowest BCUT2D eigenvalue weighted by Gasteiger charge is -2.09. The zero-order valence-corrected chi connectivity index (χ0v) is 11.2. The van der Waals surface area contributed by atoms with Gasteiger partial charge in [0, 0.05) is 11.5 Å². The van der Waals surface area contributed by atoms with E-state index in [0.717, 1.165) is 16.5 Å². The Morgan fingerprint density at radius 3 is 2.48 bits per heavy atom. The Hall–Kier alpha value is -2.88. The first-order chi connectivity index (χ1) is 10.3. The monoisotopic (exact) mass is 279 g/mol. The van der Waals surface area contributed by atoms with Crippen LogP contribution in [0.25, 0.3) is 10.8 Å². The minimum Gasteiger partial charge on any atom is -0.488 e. The predicted octanol–water partition coefficient (Wildman–Crippen LogP) is 4.33. The van der Waals surface area contributed by atoms with Gasteiger partial charge >= 0.3 is 0 Å². The van der Waals surface area contributed by atoms with E-state index in [0.29, 0.717) is 5.56 Å². The maximum atomic E-state index is 11.0. The Bertz CT molecular complexity index is 793. The minimum absolute atomic E-state index is 0.0812. The molecule has 4 heteroatoms. The van der Waals surface area contributed by atoms with Gasteiger partial charge in [-0.15, -0.1) is 0 Å². The Kier molecular flexibility index (Phi) is 3.51. The zero-order valence-electron chi connectivity index (χ0n) is 11.2. The van der Waals surface area contributed by atoms with Gasteiger partial charge in [0.15, 0.2) is 0 Å². The van der Waals surface area contributed by atoms with Gasteiger partial charge in [0.05, 0.1) is 10.5 Å². The lowest BCUT2D eigenvalue weighted by molar-refractivity contribution is -0.385. The van der Waals surface area contributed by atoms with Crippen molar-refractivity contribution in [1.29, 1.82) is 0 Å². The first kappa shape index (κ1) is 13.1. The van der Waals surface area contributed by atoms with Crippen molar-refractivity contribution in [3.63, 3.8) is 0 Å². The summed E-state index contributed by atoms with van der Waals surface area (Å²) < 4.78 is 5.79. The molecule has 3 aromatic rings. The lowest BCUT2D eigenvalue weighted by atomic mass is 10.1. The Labute approximate surface area is 121 Å². The smallest absolute Gasteiger partial charge is 0.276 e. The molecule has 0 aliphatic carbocycles. The van der Waals surface area contributed by atoms with E-state index in [1.807, 2.05) is 42.5 Å². The van der Waals surface area contributed by atoms with Crippen LogP contribution >= 0.6 is 0 Å². The molecule has 0 radical (unpaired) electrons. The fourth-order valence-electron chi connectivity index (χ4n) is 2.29. The molecule has 0 aliphatic heterocycles. The Morgan fingerprint density at radius 2 is 1.62 bits per heavy atom. The molecule has 0 saturated carbocycles. The molecule has 0 amide bonds. The van der Waals surface area contributed by atoms with Crippen LogP contribution in [0, 0.1) is 10.1 Å². The van der Waals surface area contributed by atoms with E-state index < -0.39 is 0 Å². The normalized spacial score (nSPS) is 10.5. The molecule has 0 spiro atoms. The number of nitrogens with zero attached hydrogens (tertiary/aromatic N) is 1. The van der Waals surface area contributed by atoms with E-state index in [-0.39, 0.29) is 17.2 Å². The summed E-state index contributed by atoms with van der Waals surface area (Å²) in [5.74, 6) is 0.728. The second kappa shape index (κ2) is 5.63. The zero-order chi connectivity index (χ0) is 14.7. The molecule has 0 saturated heterocycles. The molecule has 0 fully saturated rings. The average molecular weight is 279 g/mol. The average Bonchev–Trinajstić information content (AvgIpc) is 2.53. The quantitative estimate of drug-likeness (QED) is 0.527. The van der Waals surface area contributed by atoms with Gasteiger partial charge in [-0.1, -0.05) is 48.5 Å². The number of fused-ring (bicyclic) bond motifs is 1. The van der Waals surface area contributed by atoms with Crippen LogP contribution in [0.2, 0.25) is 0 Å². The molecule has 0 N–H and O–H groups in total. The van der Waals surface area contributed by atoms with Crippen LogP contribution < -0.4 is 4.74 Å². The number of ether oxygens (including phenoxy) is 1. The van der Waals surface area contributed by atoms with Crippen molar-refractivity contribution >= 4 is 16.5 Å². The van der Waals surface area contributed by atoms with Crippen molar-refractivity contribution < 1.29 is 9.66 Å². The fraction of sp³-hybridized carbons (Fsp3) is 0.0588. The predicted molar refractivity (Wildman–Crippen MR) is 81.4 cm³/mol. The van der Waals surface area contributed by atoms with Crippen LogP contribution in [0.5, 0.6) is 5.75 Å². The van der Waals surface area contributed by atoms with Crippen LogP contribution in [0.3, 0.4) is 0 Å². The maximum Gasteiger partial charge on any atom is 0.276 e. The third-order valence-electron chi connectivity index (χ3n) is 3.32. The number of hydrogen-bond acceptors (Lipinski definition) is 3. The third-order valence-corrected chi connectivity index (χ3v) is 3.32. The van der Waals surface area contributed by atoms with Crippen molar-refractivity contribution in [2.75, 3.05) is 0 Å². The number of para-hydroxylation sites is 1. The first-order valence-corrected chi connectivity index (χ1v) is 6.58. The molecule has 104 valence electrons.